The highest BCUT2D eigenvalue weighted by Gasteiger charge is 2.20. The van der Waals surface area contributed by atoms with Crippen LogP contribution in [0, 0.1) is 0 Å². The van der Waals surface area contributed by atoms with Crippen LogP contribution in [0.15, 0.2) is 42.5 Å². The van der Waals surface area contributed by atoms with E-state index < -0.39 is 0 Å². The van der Waals surface area contributed by atoms with Crippen LogP contribution in [0.5, 0.6) is 11.5 Å². The standard InChI is InChI=1S/C18H18ClN3O2S/c19-13-1-4-15(5-2-13)21-7-9-22(10-8-21)18(25)20-14-3-6-16-17(11-14)24-12-23-16/h1-6,11H,7-10,12H2,(H,20,25). The zero-order valence-electron chi connectivity index (χ0n) is 13.6. The van der Waals surface area contributed by atoms with E-state index in [1.807, 2.05) is 30.3 Å². The van der Waals surface area contributed by atoms with Crippen LogP contribution in [-0.4, -0.2) is 43.0 Å². The van der Waals surface area contributed by atoms with Crippen molar-refractivity contribution in [2.45, 2.75) is 0 Å². The van der Waals surface area contributed by atoms with Gasteiger partial charge in [0.25, 0.3) is 0 Å². The molecule has 0 radical (unpaired) electrons. The fraction of sp³-hybridized carbons (Fsp3) is 0.278. The molecule has 1 fully saturated rings. The number of rotatable bonds is 2. The van der Waals surface area contributed by atoms with Crippen LogP contribution < -0.4 is 19.7 Å². The van der Waals surface area contributed by atoms with Gasteiger partial charge in [-0.05, 0) is 48.6 Å². The number of nitrogens with zero attached hydrogens (tertiary/aromatic N) is 2. The summed E-state index contributed by atoms with van der Waals surface area (Å²) in [4.78, 5) is 4.53. The molecule has 1 N–H and O–H groups in total. The molecule has 0 aliphatic carbocycles. The van der Waals surface area contributed by atoms with Gasteiger partial charge in [0.05, 0.1) is 0 Å². The number of fused-ring (bicyclic) bond motifs is 1. The van der Waals surface area contributed by atoms with Crippen molar-refractivity contribution in [3.05, 3.63) is 47.5 Å². The highest BCUT2D eigenvalue weighted by Crippen LogP contribution is 2.34. The van der Waals surface area contributed by atoms with E-state index in [4.69, 9.17) is 33.3 Å². The number of halogens is 1. The van der Waals surface area contributed by atoms with Crippen LogP contribution in [0.1, 0.15) is 0 Å². The van der Waals surface area contributed by atoms with Gasteiger partial charge < -0.3 is 24.6 Å². The van der Waals surface area contributed by atoms with Crippen molar-refractivity contribution in [2.75, 3.05) is 43.2 Å². The molecule has 2 aromatic carbocycles. The van der Waals surface area contributed by atoms with Gasteiger partial charge in [0.15, 0.2) is 16.6 Å². The Bertz CT molecular complexity index is 776. The van der Waals surface area contributed by atoms with E-state index >= 15 is 0 Å². The second-order valence-corrected chi connectivity index (χ2v) is 6.77. The topological polar surface area (TPSA) is 37.0 Å². The molecule has 2 aliphatic heterocycles. The maximum Gasteiger partial charge on any atom is 0.231 e. The lowest BCUT2D eigenvalue weighted by molar-refractivity contribution is 0.174. The van der Waals surface area contributed by atoms with Crippen LogP contribution in [0.2, 0.25) is 5.02 Å². The van der Waals surface area contributed by atoms with Crippen molar-refractivity contribution >= 4 is 40.3 Å². The number of ether oxygens (including phenoxy) is 2. The Kier molecular flexibility index (Phi) is 4.55. The lowest BCUT2D eigenvalue weighted by Crippen LogP contribution is -2.50. The van der Waals surface area contributed by atoms with E-state index in [-0.39, 0.29) is 6.79 Å². The van der Waals surface area contributed by atoms with Gasteiger partial charge >= 0.3 is 0 Å². The van der Waals surface area contributed by atoms with Crippen LogP contribution in [0.25, 0.3) is 0 Å². The molecule has 130 valence electrons. The molecule has 0 unspecified atom stereocenters. The zero-order valence-corrected chi connectivity index (χ0v) is 15.1. The number of thiocarbonyl (C=S) groups is 1. The Morgan fingerprint density at radius 3 is 2.44 bits per heavy atom. The van der Waals surface area contributed by atoms with E-state index in [0.717, 1.165) is 53.5 Å². The summed E-state index contributed by atoms with van der Waals surface area (Å²) in [6.45, 7) is 3.86. The van der Waals surface area contributed by atoms with Crippen LogP contribution in [0.4, 0.5) is 11.4 Å². The van der Waals surface area contributed by atoms with Crippen LogP contribution in [-0.2, 0) is 0 Å². The monoisotopic (exact) mass is 375 g/mol. The SMILES string of the molecule is S=C(Nc1ccc2c(c1)OCO2)N1CCN(c2ccc(Cl)cc2)CC1. The number of hydrogen-bond donors (Lipinski definition) is 1. The number of benzene rings is 2. The molecular formula is C18H18ClN3O2S. The Balaban J connectivity index is 1.34. The highest BCUT2D eigenvalue weighted by atomic mass is 35.5. The normalized spacial score (nSPS) is 16.0. The Hall–Kier alpha value is -2.18. The van der Waals surface area contributed by atoms with Crippen LogP contribution >= 0.6 is 23.8 Å². The largest absolute Gasteiger partial charge is 0.454 e. The Labute approximate surface area is 157 Å². The van der Waals surface area contributed by atoms with Crippen LogP contribution in [0.3, 0.4) is 0 Å². The molecule has 0 bridgehead atoms. The van der Waals surface area contributed by atoms with Crippen molar-refractivity contribution in [1.29, 1.82) is 0 Å². The first-order valence-corrected chi connectivity index (χ1v) is 8.94. The molecule has 0 amide bonds. The minimum atomic E-state index is 0.274. The fourth-order valence-electron chi connectivity index (χ4n) is 3.00. The molecule has 0 saturated carbocycles. The number of hydrogen-bond acceptors (Lipinski definition) is 4. The first-order valence-electron chi connectivity index (χ1n) is 8.15. The second-order valence-electron chi connectivity index (χ2n) is 5.95. The maximum atomic E-state index is 5.96. The van der Waals surface area contributed by atoms with Crippen molar-refractivity contribution in [3.63, 3.8) is 0 Å². The van der Waals surface area contributed by atoms with Gasteiger partial charge in [-0.3, -0.25) is 0 Å². The summed E-state index contributed by atoms with van der Waals surface area (Å²) < 4.78 is 10.7. The lowest BCUT2D eigenvalue weighted by Gasteiger charge is -2.37. The first kappa shape index (κ1) is 16.3. The average Bonchev–Trinajstić information content (AvgIpc) is 3.10. The lowest BCUT2D eigenvalue weighted by atomic mass is 10.2. The molecule has 0 aromatic heterocycles. The molecule has 5 nitrogen and oxygen atoms in total. The van der Waals surface area contributed by atoms with E-state index in [1.165, 1.54) is 5.69 Å². The van der Waals surface area contributed by atoms with Gasteiger partial charge in [-0.2, -0.15) is 0 Å². The molecule has 2 aliphatic rings. The Morgan fingerprint density at radius 1 is 0.960 bits per heavy atom. The minimum Gasteiger partial charge on any atom is -0.454 e. The van der Waals surface area contributed by atoms with E-state index in [9.17, 15) is 0 Å². The second kappa shape index (κ2) is 6.98. The van der Waals surface area contributed by atoms with Crippen molar-refractivity contribution in [3.8, 4) is 11.5 Å². The molecule has 0 spiro atoms. The van der Waals surface area contributed by atoms with Crippen molar-refractivity contribution < 1.29 is 9.47 Å². The third kappa shape index (κ3) is 3.60. The zero-order chi connectivity index (χ0) is 17.2. The number of anilines is 2. The number of nitrogens with one attached hydrogen (secondary N) is 1. The summed E-state index contributed by atoms with van der Waals surface area (Å²) in [7, 11) is 0. The van der Waals surface area contributed by atoms with Crippen molar-refractivity contribution in [2.24, 2.45) is 0 Å². The first-order chi connectivity index (χ1) is 12.2. The molecule has 1 saturated heterocycles. The summed E-state index contributed by atoms with van der Waals surface area (Å²) in [6, 6.07) is 13.7. The molecule has 2 heterocycles. The molecule has 4 rings (SSSR count). The summed E-state index contributed by atoms with van der Waals surface area (Å²) in [5.74, 6) is 1.52. The van der Waals surface area contributed by atoms with Gasteiger partial charge in [-0.1, -0.05) is 11.6 Å². The predicted molar refractivity (Wildman–Crippen MR) is 104 cm³/mol. The van der Waals surface area contributed by atoms with Gasteiger partial charge in [-0.25, -0.2) is 0 Å². The summed E-state index contributed by atoms with van der Waals surface area (Å²) >= 11 is 11.5. The minimum absolute atomic E-state index is 0.274. The predicted octanol–water partition coefficient (Wildman–Crippen LogP) is 3.59. The Morgan fingerprint density at radius 2 is 1.68 bits per heavy atom. The average molecular weight is 376 g/mol. The molecular weight excluding hydrogens is 358 g/mol. The quantitative estimate of drug-likeness (QED) is 0.808. The summed E-state index contributed by atoms with van der Waals surface area (Å²) in [5.41, 5.74) is 2.10. The van der Waals surface area contributed by atoms with E-state index in [2.05, 4.69) is 27.2 Å². The highest BCUT2D eigenvalue weighted by molar-refractivity contribution is 7.80. The molecule has 0 atom stereocenters. The smallest absolute Gasteiger partial charge is 0.231 e. The summed E-state index contributed by atoms with van der Waals surface area (Å²) in [5, 5.41) is 4.78. The summed E-state index contributed by atoms with van der Waals surface area (Å²) in [6.07, 6.45) is 0. The molecule has 2 aromatic rings. The van der Waals surface area contributed by atoms with Gasteiger partial charge in [-0.15, -0.1) is 0 Å². The molecule has 7 heteroatoms. The van der Waals surface area contributed by atoms with Gasteiger partial charge in [0.2, 0.25) is 6.79 Å². The van der Waals surface area contributed by atoms with E-state index in [0.29, 0.717) is 0 Å². The van der Waals surface area contributed by atoms with E-state index in [1.54, 1.807) is 0 Å². The third-order valence-electron chi connectivity index (χ3n) is 4.38. The number of piperazine rings is 1. The van der Waals surface area contributed by atoms with Crippen molar-refractivity contribution in [1.82, 2.24) is 4.90 Å². The maximum absolute atomic E-state index is 5.96. The molecule has 25 heavy (non-hydrogen) atoms. The third-order valence-corrected chi connectivity index (χ3v) is 4.99. The van der Waals surface area contributed by atoms with Gasteiger partial charge in [0, 0.05) is 48.6 Å². The fourth-order valence-corrected chi connectivity index (χ4v) is 3.42. The van der Waals surface area contributed by atoms with Gasteiger partial charge in [0.1, 0.15) is 0 Å².